The Balaban J connectivity index is 1.54. The van der Waals surface area contributed by atoms with Gasteiger partial charge in [-0.05, 0) is 32.6 Å². The summed E-state index contributed by atoms with van der Waals surface area (Å²) < 4.78 is 0. The summed E-state index contributed by atoms with van der Waals surface area (Å²) in [6.45, 7) is 5.13. The minimum atomic E-state index is -0.0967. The molecular weight excluding hydrogens is 306 g/mol. The summed E-state index contributed by atoms with van der Waals surface area (Å²) in [5.41, 5.74) is 1.50. The van der Waals surface area contributed by atoms with Crippen LogP contribution >= 0.6 is 0 Å². The maximum atomic E-state index is 12.1. The average molecular weight is 329 g/mol. The molecule has 7 nitrogen and oxygen atoms in total. The second-order valence-electron chi connectivity index (χ2n) is 6.84. The third-order valence-corrected chi connectivity index (χ3v) is 5.29. The minimum Gasteiger partial charge on any atom is -0.356 e. The van der Waals surface area contributed by atoms with Crippen molar-refractivity contribution in [2.45, 2.75) is 45.1 Å². The zero-order valence-electron chi connectivity index (χ0n) is 14.0. The highest BCUT2D eigenvalue weighted by Gasteiger charge is 2.32. The molecule has 24 heavy (non-hydrogen) atoms. The van der Waals surface area contributed by atoms with Gasteiger partial charge in [-0.2, -0.15) is 0 Å². The quantitative estimate of drug-likeness (QED) is 0.862. The SMILES string of the molecule is Cc1nc2c(c(N3CCC(N4CCCC4=O)CC3)n1)CCNC2=O. The van der Waals surface area contributed by atoms with E-state index < -0.39 is 0 Å². The molecule has 128 valence electrons. The maximum Gasteiger partial charge on any atom is 0.270 e. The number of carbonyl (C=O) groups excluding carboxylic acids is 2. The minimum absolute atomic E-state index is 0.0967. The summed E-state index contributed by atoms with van der Waals surface area (Å²) in [6, 6.07) is 0.360. The number of nitrogens with one attached hydrogen (secondary N) is 1. The van der Waals surface area contributed by atoms with Crippen LogP contribution in [-0.4, -0.2) is 58.9 Å². The Labute approximate surface area is 141 Å². The first kappa shape index (κ1) is 15.4. The molecule has 2 fully saturated rings. The van der Waals surface area contributed by atoms with Gasteiger partial charge in [0, 0.05) is 44.2 Å². The number of aryl methyl sites for hydroxylation is 1. The van der Waals surface area contributed by atoms with Crippen LogP contribution in [0.4, 0.5) is 5.82 Å². The third-order valence-electron chi connectivity index (χ3n) is 5.29. The van der Waals surface area contributed by atoms with Gasteiger partial charge in [0.25, 0.3) is 5.91 Å². The highest BCUT2D eigenvalue weighted by Crippen LogP contribution is 2.28. The molecule has 1 aromatic heterocycles. The van der Waals surface area contributed by atoms with Crippen molar-refractivity contribution >= 4 is 17.6 Å². The van der Waals surface area contributed by atoms with Gasteiger partial charge in [-0.15, -0.1) is 0 Å². The van der Waals surface area contributed by atoms with Gasteiger partial charge in [0.05, 0.1) is 0 Å². The maximum absolute atomic E-state index is 12.1. The van der Waals surface area contributed by atoms with E-state index in [0.717, 1.165) is 56.7 Å². The number of piperidine rings is 1. The standard InChI is InChI=1S/C17H23N5O2/c1-11-19-15-13(4-7-18-17(15)24)16(20-11)21-9-5-12(6-10-21)22-8-2-3-14(22)23/h12H,2-10H2,1H3,(H,18,24). The molecule has 0 aliphatic carbocycles. The van der Waals surface area contributed by atoms with E-state index in [2.05, 4.69) is 25.1 Å². The number of likely N-dealkylation sites (tertiary alicyclic amines) is 1. The Hall–Kier alpha value is -2.18. The molecular formula is C17H23N5O2. The fourth-order valence-corrected chi connectivity index (χ4v) is 4.09. The van der Waals surface area contributed by atoms with Gasteiger partial charge >= 0.3 is 0 Å². The van der Waals surface area contributed by atoms with E-state index in [4.69, 9.17) is 0 Å². The number of amides is 2. The van der Waals surface area contributed by atoms with Crippen molar-refractivity contribution in [3.05, 3.63) is 17.1 Å². The van der Waals surface area contributed by atoms with Crippen molar-refractivity contribution in [2.75, 3.05) is 31.1 Å². The Kier molecular flexibility index (Phi) is 3.86. The van der Waals surface area contributed by atoms with Crippen LogP contribution in [-0.2, 0) is 11.2 Å². The van der Waals surface area contributed by atoms with E-state index >= 15 is 0 Å². The van der Waals surface area contributed by atoms with Crippen LogP contribution in [0.3, 0.4) is 0 Å². The molecule has 0 bridgehead atoms. The van der Waals surface area contributed by atoms with Crippen molar-refractivity contribution in [2.24, 2.45) is 0 Å². The number of carbonyl (C=O) groups is 2. The number of hydrogen-bond acceptors (Lipinski definition) is 5. The van der Waals surface area contributed by atoms with Gasteiger partial charge in [0.2, 0.25) is 5.91 Å². The predicted octanol–water partition coefficient (Wildman–Crippen LogP) is 0.662. The molecule has 1 aromatic rings. The molecule has 7 heteroatoms. The number of fused-ring (bicyclic) bond motifs is 1. The van der Waals surface area contributed by atoms with Crippen molar-refractivity contribution < 1.29 is 9.59 Å². The van der Waals surface area contributed by atoms with Crippen LogP contribution < -0.4 is 10.2 Å². The lowest BCUT2D eigenvalue weighted by Gasteiger charge is -2.38. The van der Waals surface area contributed by atoms with Gasteiger partial charge in [0.15, 0.2) is 0 Å². The first-order valence-corrected chi connectivity index (χ1v) is 8.83. The van der Waals surface area contributed by atoms with Crippen LogP contribution in [0.1, 0.15) is 47.6 Å². The summed E-state index contributed by atoms with van der Waals surface area (Å²) >= 11 is 0. The Bertz CT molecular complexity index is 682. The molecule has 0 saturated carbocycles. The molecule has 0 unspecified atom stereocenters. The first-order chi connectivity index (χ1) is 11.6. The van der Waals surface area contributed by atoms with E-state index in [-0.39, 0.29) is 5.91 Å². The van der Waals surface area contributed by atoms with Crippen molar-refractivity contribution in [1.29, 1.82) is 0 Å². The Morgan fingerprint density at radius 2 is 1.88 bits per heavy atom. The largest absolute Gasteiger partial charge is 0.356 e. The van der Waals surface area contributed by atoms with Gasteiger partial charge in [-0.25, -0.2) is 9.97 Å². The number of nitrogens with zero attached hydrogens (tertiary/aromatic N) is 4. The molecule has 0 aromatic carbocycles. The van der Waals surface area contributed by atoms with E-state index in [1.54, 1.807) is 0 Å². The molecule has 2 saturated heterocycles. The second kappa shape index (κ2) is 6.03. The van der Waals surface area contributed by atoms with Crippen LogP contribution in [0.25, 0.3) is 0 Å². The highest BCUT2D eigenvalue weighted by atomic mass is 16.2. The van der Waals surface area contributed by atoms with Gasteiger partial charge in [-0.1, -0.05) is 0 Å². The first-order valence-electron chi connectivity index (χ1n) is 8.83. The lowest BCUT2D eigenvalue weighted by atomic mass is 10.0. The van der Waals surface area contributed by atoms with Crippen LogP contribution in [0.5, 0.6) is 0 Å². The van der Waals surface area contributed by atoms with Gasteiger partial charge in [-0.3, -0.25) is 9.59 Å². The summed E-state index contributed by atoms with van der Waals surface area (Å²) in [4.78, 5) is 37.3. The molecule has 3 aliphatic rings. The van der Waals surface area contributed by atoms with Crippen molar-refractivity contribution in [1.82, 2.24) is 20.2 Å². The van der Waals surface area contributed by atoms with E-state index in [1.807, 2.05) is 6.92 Å². The predicted molar refractivity (Wildman–Crippen MR) is 89.0 cm³/mol. The zero-order chi connectivity index (χ0) is 16.7. The lowest BCUT2D eigenvalue weighted by molar-refractivity contribution is -0.130. The summed E-state index contributed by atoms with van der Waals surface area (Å²) in [5, 5.41) is 2.85. The Morgan fingerprint density at radius 1 is 1.08 bits per heavy atom. The molecule has 0 spiro atoms. The normalized spacial score (nSPS) is 21.9. The van der Waals surface area contributed by atoms with Crippen molar-refractivity contribution in [3.63, 3.8) is 0 Å². The average Bonchev–Trinajstić information content (AvgIpc) is 3.01. The van der Waals surface area contributed by atoms with Gasteiger partial charge in [0.1, 0.15) is 17.3 Å². The molecule has 0 atom stereocenters. The zero-order valence-corrected chi connectivity index (χ0v) is 14.0. The molecule has 0 radical (unpaired) electrons. The number of aromatic nitrogens is 2. The summed E-state index contributed by atoms with van der Waals surface area (Å²) in [7, 11) is 0. The lowest BCUT2D eigenvalue weighted by Crippen LogP contribution is -2.46. The van der Waals surface area contributed by atoms with E-state index in [9.17, 15) is 9.59 Å². The third kappa shape index (κ3) is 2.61. The summed E-state index contributed by atoms with van der Waals surface area (Å²) in [6.07, 6.45) is 4.41. The molecule has 3 aliphatic heterocycles. The van der Waals surface area contributed by atoms with Gasteiger partial charge < -0.3 is 15.1 Å². The molecule has 4 heterocycles. The van der Waals surface area contributed by atoms with E-state index in [0.29, 0.717) is 36.4 Å². The number of hydrogen-bond donors (Lipinski definition) is 1. The summed E-state index contributed by atoms with van der Waals surface area (Å²) in [5.74, 6) is 1.76. The number of rotatable bonds is 2. The van der Waals surface area contributed by atoms with Crippen molar-refractivity contribution in [3.8, 4) is 0 Å². The molecule has 2 amide bonds. The fourth-order valence-electron chi connectivity index (χ4n) is 4.09. The monoisotopic (exact) mass is 329 g/mol. The molecule has 4 rings (SSSR count). The van der Waals surface area contributed by atoms with Crippen LogP contribution in [0.2, 0.25) is 0 Å². The number of anilines is 1. The fraction of sp³-hybridized carbons (Fsp3) is 0.647. The second-order valence-corrected chi connectivity index (χ2v) is 6.84. The highest BCUT2D eigenvalue weighted by molar-refractivity contribution is 5.96. The van der Waals surface area contributed by atoms with Crippen LogP contribution in [0.15, 0.2) is 0 Å². The van der Waals surface area contributed by atoms with E-state index in [1.165, 1.54) is 0 Å². The Morgan fingerprint density at radius 3 is 2.58 bits per heavy atom. The topological polar surface area (TPSA) is 78.4 Å². The van der Waals surface area contributed by atoms with Crippen LogP contribution in [0, 0.1) is 6.92 Å². The smallest absolute Gasteiger partial charge is 0.270 e. The molecule has 1 N–H and O–H groups in total.